The van der Waals surface area contributed by atoms with Gasteiger partial charge in [0.05, 0.1) is 39.7 Å². The number of nitrogens with zero attached hydrogens (tertiary/aromatic N) is 4. The van der Waals surface area contributed by atoms with Gasteiger partial charge in [-0.15, -0.1) is 22.7 Å². The molecule has 1 aliphatic carbocycles. The fourth-order valence-electron chi connectivity index (χ4n) is 7.82. The summed E-state index contributed by atoms with van der Waals surface area (Å²) < 4.78 is 5.28. The number of amides is 4. The molecule has 6 heterocycles. The Morgan fingerprint density at radius 3 is 1.60 bits per heavy atom. The lowest BCUT2D eigenvalue weighted by molar-refractivity contribution is -0.145. The van der Waals surface area contributed by atoms with Crippen molar-refractivity contribution < 1.29 is 33.8 Å². The number of anilines is 8. The highest BCUT2D eigenvalue weighted by Gasteiger charge is 2.44. The van der Waals surface area contributed by atoms with Gasteiger partial charge in [-0.1, -0.05) is 24.3 Å². The van der Waals surface area contributed by atoms with Crippen LogP contribution in [0, 0.1) is 0 Å². The number of hydrogen-bond acceptors (Lipinski definition) is 17. The van der Waals surface area contributed by atoms with Gasteiger partial charge in [-0.05, 0) is 106 Å². The van der Waals surface area contributed by atoms with Crippen molar-refractivity contribution in [3.8, 4) is 0 Å². The number of thiophene rings is 2. The SMILES string of the molecule is CC(C)(C)OC(=O)NC1(C(=O)O)CCN(c2ccccc2NC(=O)c2csc(Nc3ccsc3)n2)CC1.NC1(C(=O)NC2CC2)CCN(c2ccccc2NC(=O)c2csc(Nc3ccsc3)n2)CC1. The molecule has 70 heavy (non-hydrogen) atoms. The number of carboxylic acids is 1. The lowest BCUT2D eigenvalue weighted by atomic mass is 9.87. The van der Waals surface area contributed by atoms with Crippen molar-refractivity contribution in [2.24, 2.45) is 5.73 Å². The van der Waals surface area contributed by atoms with Gasteiger partial charge in [0, 0.05) is 53.7 Å². The molecular formula is C48H55N11O7S4. The van der Waals surface area contributed by atoms with Gasteiger partial charge in [-0.25, -0.2) is 19.6 Å². The summed E-state index contributed by atoms with van der Waals surface area (Å²) in [5.41, 5.74) is 8.98. The lowest BCUT2D eigenvalue weighted by Gasteiger charge is -2.40. The standard InChI is InChI=1S/C25H29N5O5S2.C23H26N6O2S2/c1-24(2,3)35-23(34)29-25(21(32)33)9-11-30(12-10-25)19-7-5-4-6-17(19)27-20(31)18-15-37-22(28-18)26-16-8-13-36-14-16;24-23(21(31)25-15-5-6-15)8-10-29(11-9-23)19-4-2-1-3-17(19)27-20(30)18-14-33-22(28-18)26-16-7-12-32-13-16/h4-8,13-15H,9-12H2,1-3H3,(H,26,28)(H,27,31)(H,29,34)(H,32,33);1-4,7,12-15H,5-6,8-11,24H2,(H,25,31)(H,26,28)(H,27,30). The molecule has 0 atom stereocenters. The van der Waals surface area contributed by atoms with E-state index in [-0.39, 0.29) is 30.6 Å². The highest BCUT2D eigenvalue weighted by atomic mass is 32.1. The number of para-hydroxylation sites is 4. The Balaban J connectivity index is 0.000000189. The predicted molar refractivity (Wildman–Crippen MR) is 279 cm³/mol. The van der Waals surface area contributed by atoms with Gasteiger partial charge >= 0.3 is 12.1 Å². The van der Waals surface area contributed by atoms with Crippen molar-refractivity contribution in [2.45, 2.75) is 82.0 Å². The summed E-state index contributed by atoms with van der Waals surface area (Å²) in [6.45, 7) is 7.18. The molecule has 2 aliphatic heterocycles. The number of benzene rings is 2. The highest BCUT2D eigenvalue weighted by Crippen LogP contribution is 2.35. The number of aliphatic carboxylic acids is 1. The molecule has 3 fully saturated rings. The summed E-state index contributed by atoms with van der Waals surface area (Å²) in [6.07, 6.45) is 2.82. The number of aromatic nitrogens is 2. The van der Waals surface area contributed by atoms with Crippen molar-refractivity contribution in [1.29, 1.82) is 0 Å². The number of hydrogen-bond donors (Lipinski definition) is 8. The van der Waals surface area contributed by atoms with E-state index in [1.807, 2.05) is 81.0 Å². The number of ether oxygens (including phenoxy) is 1. The molecule has 3 aliphatic rings. The number of nitrogens with two attached hydrogens (primary N) is 1. The van der Waals surface area contributed by atoms with Crippen molar-refractivity contribution in [2.75, 3.05) is 57.2 Å². The van der Waals surface area contributed by atoms with E-state index in [4.69, 9.17) is 10.5 Å². The molecule has 4 aromatic heterocycles. The van der Waals surface area contributed by atoms with E-state index in [2.05, 4.69) is 46.8 Å². The maximum absolute atomic E-state index is 12.9. The number of thiazole rings is 2. The minimum Gasteiger partial charge on any atom is -0.480 e. The van der Waals surface area contributed by atoms with E-state index < -0.39 is 28.7 Å². The van der Waals surface area contributed by atoms with E-state index in [0.717, 1.165) is 41.3 Å². The van der Waals surface area contributed by atoms with Crippen LogP contribution in [-0.2, 0) is 14.3 Å². The molecule has 6 aromatic rings. The molecule has 2 saturated heterocycles. The zero-order chi connectivity index (χ0) is 49.5. The van der Waals surface area contributed by atoms with Gasteiger partial charge in [-0.3, -0.25) is 14.4 Å². The molecular weight excluding hydrogens is 971 g/mol. The third-order valence-corrected chi connectivity index (χ3v) is 14.7. The minimum absolute atomic E-state index is 0.0402. The Bertz CT molecular complexity index is 2770. The molecule has 22 heteroatoms. The average Bonchev–Trinajstić information content (AvgIpc) is 3.86. The first-order valence-corrected chi connectivity index (χ1v) is 26.3. The van der Waals surface area contributed by atoms with Gasteiger partial charge in [0.15, 0.2) is 10.3 Å². The monoisotopic (exact) mass is 1030 g/mol. The van der Waals surface area contributed by atoms with Crippen LogP contribution in [0.25, 0.3) is 0 Å². The Kier molecular flexibility index (Phi) is 15.4. The number of carbonyl (C=O) groups is 5. The summed E-state index contributed by atoms with van der Waals surface area (Å²) in [5, 5.41) is 40.5. The topological polar surface area (TPSA) is 245 Å². The molecule has 2 aromatic carbocycles. The number of alkyl carbamates (subject to hydrolysis) is 1. The number of carbonyl (C=O) groups excluding carboxylic acids is 4. The first-order chi connectivity index (χ1) is 33.5. The summed E-state index contributed by atoms with van der Waals surface area (Å²) in [7, 11) is 0. The van der Waals surface area contributed by atoms with Crippen LogP contribution < -0.4 is 47.4 Å². The average molecular weight is 1030 g/mol. The van der Waals surface area contributed by atoms with Crippen LogP contribution in [0.5, 0.6) is 0 Å². The number of piperidine rings is 2. The number of carboxylic acid groups (broad SMARTS) is 1. The normalized spacial score (nSPS) is 16.2. The zero-order valence-corrected chi connectivity index (χ0v) is 42.0. The number of nitrogens with one attached hydrogen (secondary N) is 6. The molecule has 0 unspecified atom stereocenters. The Morgan fingerprint density at radius 2 is 1.17 bits per heavy atom. The molecule has 9 N–H and O–H groups in total. The molecule has 1 saturated carbocycles. The largest absolute Gasteiger partial charge is 0.480 e. The molecule has 18 nitrogen and oxygen atoms in total. The van der Waals surface area contributed by atoms with Crippen LogP contribution in [0.3, 0.4) is 0 Å². The van der Waals surface area contributed by atoms with Crippen LogP contribution in [-0.4, -0.2) is 93.8 Å². The second kappa shape index (κ2) is 21.6. The van der Waals surface area contributed by atoms with E-state index in [9.17, 15) is 29.1 Å². The van der Waals surface area contributed by atoms with Crippen LogP contribution >= 0.6 is 45.3 Å². The Labute approximate surface area is 421 Å². The van der Waals surface area contributed by atoms with Crippen LogP contribution in [0.15, 0.2) is 92.9 Å². The first-order valence-electron chi connectivity index (χ1n) is 22.7. The van der Waals surface area contributed by atoms with Crippen LogP contribution in [0.1, 0.15) is 80.3 Å². The van der Waals surface area contributed by atoms with E-state index in [1.165, 1.54) is 22.7 Å². The lowest BCUT2D eigenvalue weighted by Crippen LogP contribution is -2.60. The minimum atomic E-state index is -1.43. The van der Waals surface area contributed by atoms with Crippen molar-refractivity contribution >= 4 is 120 Å². The smallest absolute Gasteiger partial charge is 0.408 e. The van der Waals surface area contributed by atoms with Crippen LogP contribution in [0.2, 0.25) is 0 Å². The van der Waals surface area contributed by atoms with Gasteiger partial charge in [0.2, 0.25) is 5.91 Å². The van der Waals surface area contributed by atoms with Crippen molar-refractivity contribution in [1.82, 2.24) is 20.6 Å². The Hall–Kier alpha value is -6.59. The second-order valence-electron chi connectivity index (χ2n) is 18.2. The fourth-order valence-corrected chi connectivity index (χ4v) is 10.4. The molecule has 0 spiro atoms. The molecule has 368 valence electrons. The summed E-state index contributed by atoms with van der Waals surface area (Å²) in [5.74, 6) is -1.74. The quantitative estimate of drug-likeness (QED) is 0.0508. The molecule has 9 rings (SSSR count). The summed E-state index contributed by atoms with van der Waals surface area (Å²) in [6, 6.07) is 19.2. The third-order valence-electron chi connectivity index (χ3n) is 11.8. The highest BCUT2D eigenvalue weighted by molar-refractivity contribution is 7.14. The van der Waals surface area contributed by atoms with Gasteiger partial charge in [0.1, 0.15) is 22.5 Å². The molecule has 4 amide bonds. The number of rotatable bonds is 14. The maximum atomic E-state index is 12.9. The summed E-state index contributed by atoms with van der Waals surface area (Å²) in [4.78, 5) is 75.8. The first kappa shape index (κ1) is 49.8. The van der Waals surface area contributed by atoms with E-state index >= 15 is 0 Å². The summed E-state index contributed by atoms with van der Waals surface area (Å²) >= 11 is 5.89. The third kappa shape index (κ3) is 12.8. The van der Waals surface area contributed by atoms with Gasteiger partial charge < -0.3 is 57.3 Å². The van der Waals surface area contributed by atoms with Gasteiger partial charge in [-0.2, -0.15) is 22.7 Å². The fraction of sp³-hybridized carbons (Fsp3) is 0.354. The molecule has 0 bridgehead atoms. The zero-order valence-electron chi connectivity index (χ0n) is 38.8. The maximum Gasteiger partial charge on any atom is 0.408 e. The van der Waals surface area contributed by atoms with E-state index in [0.29, 0.717) is 72.4 Å². The Morgan fingerprint density at radius 1 is 0.700 bits per heavy atom. The molecule has 0 radical (unpaired) electrons. The van der Waals surface area contributed by atoms with E-state index in [1.54, 1.807) is 60.3 Å². The van der Waals surface area contributed by atoms with Crippen LogP contribution in [0.4, 0.5) is 49.2 Å². The van der Waals surface area contributed by atoms with Gasteiger partial charge in [0.25, 0.3) is 11.8 Å². The predicted octanol–water partition coefficient (Wildman–Crippen LogP) is 8.93. The van der Waals surface area contributed by atoms with Crippen molar-refractivity contribution in [3.63, 3.8) is 0 Å². The second-order valence-corrected chi connectivity index (χ2v) is 21.5. The van der Waals surface area contributed by atoms with Crippen molar-refractivity contribution in [3.05, 3.63) is 104 Å².